The highest BCUT2D eigenvalue weighted by molar-refractivity contribution is 14.0. The van der Waals surface area contributed by atoms with Crippen LogP contribution in [0.5, 0.6) is 0 Å². The fraction of sp³-hybridized carbons (Fsp3) is 0.765. The Balaban J connectivity index is 0.00000338. The van der Waals surface area contributed by atoms with Crippen molar-refractivity contribution in [3.05, 3.63) is 11.6 Å². The van der Waals surface area contributed by atoms with Crippen molar-refractivity contribution in [2.45, 2.75) is 65.1 Å². The van der Waals surface area contributed by atoms with E-state index in [0.717, 1.165) is 43.3 Å². The summed E-state index contributed by atoms with van der Waals surface area (Å²) in [6.45, 7) is 6.47. The predicted octanol–water partition coefficient (Wildman–Crippen LogP) is 1.49. The number of rotatable bonds is 5. The van der Waals surface area contributed by atoms with E-state index in [0.29, 0.717) is 6.54 Å². The van der Waals surface area contributed by atoms with Crippen molar-refractivity contribution in [3.63, 3.8) is 0 Å². The number of halogens is 1. The van der Waals surface area contributed by atoms with Crippen LogP contribution in [0.4, 0.5) is 0 Å². The molecule has 0 spiro atoms. The van der Waals surface area contributed by atoms with Crippen molar-refractivity contribution >= 4 is 35.8 Å². The summed E-state index contributed by atoms with van der Waals surface area (Å²) < 4.78 is 1.95. The maximum absolute atomic E-state index is 12.3. The van der Waals surface area contributed by atoms with Gasteiger partial charge in [0.05, 0.1) is 6.54 Å². The lowest BCUT2D eigenvalue weighted by Crippen LogP contribution is -2.47. The maximum Gasteiger partial charge on any atom is 0.223 e. The Bertz CT molecular complexity index is 614. The van der Waals surface area contributed by atoms with E-state index in [1.807, 2.05) is 32.4 Å². The van der Waals surface area contributed by atoms with E-state index in [2.05, 4.69) is 31.1 Å². The Labute approximate surface area is 173 Å². The highest BCUT2D eigenvalue weighted by Crippen LogP contribution is 2.24. The summed E-state index contributed by atoms with van der Waals surface area (Å²) in [5, 5.41) is 17.9. The van der Waals surface area contributed by atoms with E-state index in [9.17, 15) is 4.79 Å². The Hall–Kier alpha value is -1.39. The number of hydrogen-bond donors (Lipinski definition) is 3. The topological polar surface area (TPSA) is 96.2 Å². The van der Waals surface area contributed by atoms with Gasteiger partial charge in [0.15, 0.2) is 11.8 Å². The zero-order valence-electron chi connectivity index (χ0n) is 16.4. The Kier molecular flexibility index (Phi) is 9.31. The zero-order valence-corrected chi connectivity index (χ0v) is 18.7. The molecule has 26 heavy (non-hydrogen) atoms. The minimum atomic E-state index is 0. The van der Waals surface area contributed by atoms with Crippen molar-refractivity contribution in [2.24, 2.45) is 18.0 Å². The number of hydrogen-bond acceptors (Lipinski definition) is 4. The van der Waals surface area contributed by atoms with Crippen LogP contribution in [0.3, 0.4) is 0 Å². The van der Waals surface area contributed by atoms with E-state index < -0.39 is 0 Å². The number of guanidine groups is 1. The Morgan fingerprint density at radius 3 is 2.65 bits per heavy atom. The van der Waals surface area contributed by atoms with Crippen molar-refractivity contribution in [1.29, 1.82) is 0 Å². The highest BCUT2D eigenvalue weighted by Gasteiger charge is 2.28. The second kappa shape index (κ2) is 10.7. The van der Waals surface area contributed by atoms with Gasteiger partial charge in [0.25, 0.3) is 0 Å². The number of nitrogens with zero attached hydrogens (tertiary/aromatic N) is 4. The van der Waals surface area contributed by atoms with Gasteiger partial charge in [-0.15, -0.1) is 34.2 Å². The minimum Gasteiger partial charge on any atom is -0.354 e. The second-order valence-electron chi connectivity index (χ2n) is 7.02. The molecule has 2 unspecified atom stereocenters. The average Bonchev–Trinajstić information content (AvgIpc) is 2.90. The number of amides is 1. The first-order valence-corrected chi connectivity index (χ1v) is 9.03. The predicted molar refractivity (Wildman–Crippen MR) is 114 cm³/mol. The first-order chi connectivity index (χ1) is 11.9. The van der Waals surface area contributed by atoms with Crippen LogP contribution in [0.15, 0.2) is 4.99 Å². The molecule has 3 N–H and O–H groups in total. The minimum absolute atomic E-state index is 0. The Morgan fingerprint density at radius 2 is 2.08 bits per heavy atom. The number of nitrogens with one attached hydrogen (secondary N) is 3. The number of carbonyl (C=O) groups is 1. The molecule has 2 rings (SSSR count). The van der Waals surface area contributed by atoms with Crippen LogP contribution in [0.25, 0.3) is 0 Å². The smallest absolute Gasteiger partial charge is 0.223 e. The molecule has 1 amide bonds. The van der Waals surface area contributed by atoms with Gasteiger partial charge >= 0.3 is 0 Å². The molecule has 0 aliphatic heterocycles. The van der Waals surface area contributed by atoms with E-state index in [1.54, 1.807) is 7.05 Å². The number of aliphatic imine (C=N–C) groups is 1. The highest BCUT2D eigenvalue weighted by atomic mass is 127. The molecule has 1 aromatic rings. The number of aromatic nitrogens is 3. The summed E-state index contributed by atoms with van der Waals surface area (Å²) in [6.07, 6.45) is 3.89. The van der Waals surface area contributed by atoms with Crippen molar-refractivity contribution < 1.29 is 4.79 Å². The lowest BCUT2D eigenvalue weighted by atomic mass is 9.85. The molecule has 0 saturated heterocycles. The van der Waals surface area contributed by atoms with E-state index in [4.69, 9.17) is 0 Å². The molecule has 0 radical (unpaired) electrons. The fourth-order valence-electron chi connectivity index (χ4n) is 3.12. The maximum atomic E-state index is 12.3. The molecule has 0 bridgehead atoms. The van der Waals surface area contributed by atoms with Crippen LogP contribution in [-0.2, 0) is 18.4 Å². The van der Waals surface area contributed by atoms with Crippen LogP contribution >= 0.6 is 24.0 Å². The molecule has 0 aromatic carbocycles. The summed E-state index contributed by atoms with van der Waals surface area (Å²) in [4.78, 5) is 16.5. The number of carbonyl (C=O) groups excluding carboxylic acids is 1. The number of aryl methyl sites for hydroxylation is 1. The van der Waals surface area contributed by atoms with Crippen molar-refractivity contribution in [2.75, 3.05) is 7.05 Å². The molecule has 148 valence electrons. The normalized spacial score (nSPS) is 20.5. The lowest BCUT2D eigenvalue weighted by molar-refractivity contribution is -0.126. The molecule has 9 heteroatoms. The summed E-state index contributed by atoms with van der Waals surface area (Å²) in [5.74, 6) is 2.71. The van der Waals surface area contributed by atoms with Crippen LogP contribution in [0, 0.1) is 12.8 Å². The lowest BCUT2D eigenvalue weighted by Gasteiger charge is -2.30. The molecule has 8 nitrogen and oxygen atoms in total. The first-order valence-electron chi connectivity index (χ1n) is 9.03. The van der Waals surface area contributed by atoms with Gasteiger partial charge in [0.2, 0.25) is 5.91 Å². The molecule has 1 aliphatic carbocycles. The molecule has 1 aliphatic rings. The fourth-order valence-corrected chi connectivity index (χ4v) is 3.12. The van der Waals surface area contributed by atoms with Gasteiger partial charge in [-0.05, 0) is 40.0 Å². The van der Waals surface area contributed by atoms with Gasteiger partial charge in [-0.2, -0.15) is 0 Å². The van der Waals surface area contributed by atoms with Gasteiger partial charge in [-0.3, -0.25) is 9.79 Å². The van der Waals surface area contributed by atoms with Gasteiger partial charge in [0.1, 0.15) is 5.82 Å². The average molecular weight is 477 g/mol. The van der Waals surface area contributed by atoms with E-state index in [1.165, 1.54) is 0 Å². The summed E-state index contributed by atoms with van der Waals surface area (Å²) in [5.41, 5.74) is 0. The quantitative estimate of drug-likeness (QED) is 0.339. The standard InChI is InChI=1S/C17H31N7O.HI/c1-11(2)20-16(25)13-7-6-8-14(9-13)21-17(18-4)19-10-15-23-22-12(3)24(15)5;/h11,13-14H,6-10H2,1-5H3,(H,20,25)(H2,18,19,21);1H. The van der Waals surface area contributed by atoms with Gasteiger partial charge in [0, 0.05) is 32.1 Å². The third-order valence-corrected chi connectivity index (χ3v) is 4.64. The summed E-state index contributed by atoms with van der Waals surface area (Å²) >= 11 is 0. The van der Waals surface area contributed by atoms with E-state index in [-0.39, 0.29) is 47.9 Å². The van der Waals surface area contributed by atoms with Crippen LogP contribution in [-0.4, -0.2) is 45.8 Å². The van der Waals surface area contributed by atoms with Crippen molar-refractivity contribution in [3.8, 4) is 0 Å². The van der Waals surface area contributed by atoms with Crippen LogP contribution < -0.4 is 16.0 Å². The van der Waals surface area contributed by atoms with Gasteiger partial charge < -0.3 is 20.5 Å². The summed E-state index contributed by atoms with van der Waals surface area (Å²) in [7, 11) is 3.70. The third kappa shape index (κ3) is 6.40. The molecule has 2 atom stereocenters. The van der Waals surface area contributed by atoms with Crippen LogP contribution in [0.2, 0.25) is 0 Å². The third-order valence-electron chi connectivity index (χ3n) is 4.64. The second-order valence-corrected chi connectivity index (χ2v) is 7.02. The molecular formula is C17H32IN7O. The molecule has 1 heterocycles. The van der Waals surface area contributed by atoms with Crippen molar-refractivity contribution in [1.82, 2.24) is 30.7 Å². The monoisotopic (exact) mass is 477 g/mol. The molecule has 1 saturated carbocycles. The zero-order chi connectivity index (χ0) is 18.4. The van der Waals surface area contributed by atoms with Crippen LogP contribution in [0.1, 0.15) is 51.2 Å². The molecule has 1 aromatic heterocycles. The molecular weight excluding hydrogens is 445 g/mol. The SMILES string of the molecule is CN=C(NCc1nnc(C)n1C)NC1CCCC(C(=O)NC(C)C)C1.I. The first kappa shape index (κ1) is 22.7. The van der Waals surface area contributed by atoms with Gasteiger partial charge in [-0.25, -0.2) is 0 Å². The largest absolute Gasteiger partial charge is 0.354 e. The van der Waals surface area contributed by atoms with E-state index >= 15 is 0 Å². The summed E-state index contributed by atoms with van der Waals surface area (Å²) in [6, 6.07) is 0.439. The van der Waals surface area contributed by atoms with Gasteiger partial charge in [-0.1, -0.05) is 6.42 Å². The molecule has 1 fully saturated rings. The Morgan fingerprint density at radius 1 is 1.35 bits per heavy atom.